The molecule has 0 saturated heterocycles. The lowest BCUT2D eigenvalue weighted by Gasteiger charge is -2.29. The van der Waals surface area contributed by atoms with Crippen molar-refractivity contribution in [3.63, 3.8) is 0 Å². The van der Waals surface area contributed by atoms with Gasteiger partial charge in [-0.05, 0) is 54.7 Å². The predicted octanol–water partition coefficient (Wildman–Crippen LogP) is 4.54. The summed E-state index contributed by atoms with van der Waals surface area (Å²) in [6.45, 7) is 8.38. The molecule has 2 atom stereocenters. The van der Waals surface area contributed by atoms with E-state index in [1.807, 2.05) is 19.9 Å². The first kappa shape index (κ1) is 20.9. The lowest BCUT2D eigenvalue weighted by molar-refractivity contribution is -0.117. The van der Waals surface area contributed by atoms with Crippen molar-refractivity contribution in [2.24, 2.45) is 5.92 Å². The molecule has 0 radical (unpaired) electrons. The number of ether oxygens (including phenoxy) is 3. The van der Waals surface area contributed by atoms with E-state index in [0.29, 0.717) is 35.0 Å². The topological polar surface area (TPSA) is 82.1 Å². The summed E-state index contributed by atoms with van der Waals surface area (Å²) in [6.07, 6.45) is 5.55. The van der Waals surface area contributed by atoms with Gasteiger partial charge >= 0.3 is 0 Å². The van der Waals surface area contributed by atoms with Crippen molar-refractivity contribution < 1.29 is 28.9 Å². The molecule has 6 nitrogen and oxygen atoms in total. The van der Waals surface area contributed by atoms with Crippen molar-refractivity contribution in [3.8, 4) is 5.75 Å². The van der Waals surface area contributed by atoms with Gasteiger partial charge in [0, 0.05) is 6.61 Å². The number of ketones is 2. The smallest absolute Gasteiger partial charge is 0.268 e. The van der Waals surface area contributed by atoms with E-state index in [4.69, 9.17) is 14.2 Å². The Morgan fingerprint density at radius 2 is 1.97 bits per heavy atom. The summed E-state index contributed by atoms with van der Waals surface area (Å²) >= 11 is 0. The second-order valence-electron chi connectivity index (χ2n) is 7.21. The summed E-state index contributed by atoms with van der Waals surface area (Å²) in [5.41, 5.74) is 2.37. The zero-order chi connectivity index (χ0) is 21.3. The predicted molar refractivity (Wildman–Crippen MR) is 109 cm³/mol. The standard InChI is InChI=1S/C23H26O6/c1-6-12(3)8-13(4)16-10-15-9-14-11-17(27-5)20(24)22(26)18(14)21(25)19(15)23(29-16)28-7-2/h8-12,23,25H,6-7H2,1-5H3/b13-8+/t12-,23+/m0/s1. The number of rotatable bonds is 6. The minimum atomic E-state index is -0.878. The van der Waals surface area contributed by atoms with Gasteiger partial charge in [0.25, 0.3) is 5.78 Å². The fourth-order valence-corrected chi connectivity index (χ4v) is 3.48. The zero-order valence-electron chi connectivity index (χ0n) is 17.4. The number of Topliss-reactive ketones (excluding diaryl/α,β-unsaturated/α-hetero) is 2. The minimum absolute atomic E-state index is 0.0488. The van der Waals surface area contributed by atoms with E-state index in [-0.39, 0.29) is 17.1 Å². The second kappa shape index (κ2) is 8.25. The molecule has 154 valence electrons. The molecule has 1 aliphatic heterocycles. The molecule has 0 saturated carbocycles. The normalized spacial score (nSPS) is 19.6. The van der Waals surface area contributed by atoms with Gasteiger partial charge in [-0.3, -0.25) is 9.59 Å². The van der Waals surface area contributed by atoms with Gasteiger partial charge in [0.05, 0.1) is 18.2 Å². The van der Waals surface area contributed by atoms with E-state index >= 15 is 0 Å². The van der Waals surface area contributed by atoms with E-state index in [2.05, 4.69) is 19.9 Å². The molecule has 0 aromatic heterocycles. The van der Waals surface area contributed by atoms with Crippen LogP contribution < -0.4 is 0 Å². The maximum atomic E-state index is 12.5. The molecule has 0 fully saturated rings. The van der Waals surface area contributed by atoms with Crippen LogP contribution in [0.5, 0.6) is 5.75 Å². The summed E-state index contributed by atoms with van der Waals surface area (Å²) < 4.78 is 16.7. The number of phenols is 1. The lowest BCUT2D eigenvalue weighted by atomic mass is 9.87. The van der Waals surface area contributed by atoms with Crippen LogP contribution in [0.4, 0.5) is 0 Å². The Morgan fingerprint density at radius 3 is 2.59 bits per heavy atom. The van der Waals surface area contributed by atoms with Crippen LogP contribution in [0.1, 0.15) is 67.5 Å². The Balaban J connectivity index is 2.20. The van der Waals surface area contributed by atoms with Crippen LogP contribution in [0, 0.1) is 5.92 Å². The number of hydrogen-bond donors (Lipinski definition) is 1. The van der Waals surface area contributed by atoms with Crippen molar-refractivity contribution in [2.45, 2.75) is 40.4 Å². The van der Waals surface area contributed by atoms with Crippen LogP contribution in [0.2, 0.25) is 0 Å². The molecule has 6 heteroatoms. The highest BCUT2D eigenvalue weighted by molar-refractivity contribution is 6.51. The maximum absolute atomic E-state index is 12.5. The van der Waals surface area contributed by atoms with Gasteiger partial charge in [-0.2, -0.15) is 0 Å². The fourth-order valence-electron chi connectivity index (χ4n) is 3.48. The third-order valence-electron chi connectivity index (χ3n) is 5.21. The molecule has 1 aromatic carbocycles. The number of carbonyl (C=O) groups is 2. The number of fused-ring (bicyclic) bond motifs is 2. The van der Waals surface area contributed by atoms with Crippen LogP contribution in [-0.4, -0.2) is 30.4 Å². The van der Waals surface area contributed by atoms with Crippen LogP contribution in [0.25, 0.3) is 12.2 Å². The number of methoxy groups -OCH3 is 1. The largest absolute Gasteiger partial charge is 0.507 e. The fraction of sp³-hybridized carbons (Fsp3) is 0.391. The molecule has 1 N–H and O–H groups in total. The molecule has 1 aromatic rings. The Morgan fingerprint density at radius 1 is 1.24 bits per heavy atom. The first-order chi connectivity index (χ1) is 13.8. The number of aromatic hydroxyl groups is 1. The molecular weight excluding hydrogens is 372 g/mol. The number of allylic oxidation sites excluding steroid dienone is 3. The number of benzene rings is 1. The molecule has 29 heavy (non-hydrogen) atoms. The van der Waals surface area contributed by atoms with Crippen molar-refractivity contribution >= 4 is 23.7 Å². The molecule has 0 unspecified atom stereocenters. The third kappa shape index (κ3) is 3.72. The van der Waals surface area contributed by atoms with Gasteiger partial charge in [-0.15, -0.1) is 0 Å². The summed E-state index contributed by atoms with van der Waals surface area (Å²) in [7, 11) is 1.33. The Hall–Kier alpha value is -2.86. The van der Waals surface area contributed by atoms with Crippen LogP contribution in [0.3, 0.4) is 0 Å². The highest BCUT2D eigenvalue weighted by atomic mass is 16.7. The Labute approximate surface area is 170 Å². The monoisotopic (exact) mass is 398 g/mol. The summed E-state index contributed by atoms with van der Waals surface area (Å²) in [5, 5.41) is 10.9. The summed E-state index contributed by atoms with van der Waals surface area (Å²) in [5.74, 6) is -0.906. The Bertz CT molecular complexity index is 951. The van der Waals surface area contributed by atoms with Crippen molar-refractivity contribution in [1.29, 1.82) is 0 Å². The third-order valence-corrected chi connectivity index (χ3v) is 5.21. The molecule has 0 spiro atoms. The second-order valence-corrected chi connectivity index (χ2v) is 7.21. The number of carbonyl (C=O) groups excluding carboxylic acids is 2. The van der Waals surface area contributed by atoms with Crippen LogP contribution in [-0.2, 0) is 19.0 Å². The molecular formula is C23H26O6. The molecule has 1 aliphatic carbocycles. The van der Waals surface area contributed by atoms with E-state index in [9.17, 15) is 14.7 Å². The van der Waals surface area contributed by atoms with Gasteiger partial charge in [-0.25, -0.2) is 0 Å². The van der Waals surface area contributed by atoms with Crippen LogP contribution >= 0.6 is 0 Å². The number of phenolic OH excluding ortho intramolecular Hbond substituents is 1. The highest BCUT2D eigenvalue weighted by Gasteiger charge is 2.36. The van der Waals surface area contributed by atoms with Crippen molar-refractivity contribution in [3.05, 3.63) is 51.5 Å². The first-order valence-corrected chi connectivity index (χ1v) is 9.75. The van der Waals surface area contributed by atoms with Gasteiger partial charge in [-0.1, -0.05) is 26.3 Å². The maximum Gasteiger partial charge on any atom is 0.268 e. The van der Waals surface area contributed by atoms with Crippen molar-refractivity contribution in [1.82, 2.24) is 0 Å². The van der Waals surface area contributed by atoms with Crippen molar-refractivity contribution in [2.75, 3.05) is 13.7 Å². The molecule has 3 rings (SSSR count). The van der Waals surface area contributed by atoms with E-state index < -0.39 is 17.9 Å². The molecule has 0 amide bonds. The summed E-state index contributed by atoms with van der Waals surface area (Å²) in [6, 6.07) is 1.75. The number of hydrogen-bond acceptors (Lipinski definition) is 6. The van der Waals surface area contributed by atoms with Gasteiger partial charge in [0.15, 0.2) is 5.76 Å². The zero-order valence-corrected chi connectivity index (χ0v) is 17.4. The SMILES string of the molecule is CCO[C@@H]1OC(/C(C)=C/[C@@H](C)CC)=Cc2cc3c(c(O)c21)C(=O)C(=O)C(OC)=C3. The molecule has 1 heterocycles. The van der Waals surface area contributed by atoms with Gasteiger partial charge in [0.2, 0.25) is 12.1 Å². The van der Waals surface area contributed by atoms with Crippen LogP contribution in [0.15, 0.2) is 29.2 Å². The quantitative estimate of drug-likeness (QED) is 0.708. The average molecular weight is 398 g/mol. The van der Waals surface area contributed by atoms with E-state index in [1.165, 1.54) is 13.2 Å². The lowest BCUT2D eigenvalue weighted by Crippen LogP contribution is -2.24. The van der Waals surface area contributed by atoms with E-state index in [0.717, 1.165) is 12.0 Å². The summed E-state index contributed by atoms with van der Waals surface area (Å²) in [4.78, 5) is 24.7. The average Bonchev–Trinajstić information content (AvgIpc) is 2.70. The first-order valence-electron chi connectivity index (χ1n) is 9.75. The molecule has 2 aliphatic rings. The highest BCUT2D eigenvalue weighted by Crippen LogP contribution is 2.44. The Kier molecular flexibility index (Phi) is 5.94. The molecule has 0 bridgehead atoms. The van der Waals surface area contributed by atoms with Gasteiger partial charge < -0.3 is 19.3 Å². The minimum Gasteiger partial charge on any atom is -0.507 e. The van der Waals surface area contributed by atoms with Gasteiger partial charge in [0.1, 0.15) is 11.5 Å². The van der Waals surface area contributed by atoms with E-state index in [1.54, 1.807) is 6.07 Å².